The lowest BCUT2D eigenvalue weighted by Gasteiger charge is -2.18. The van der Waals surface area contributed by atoms with E-state index < -0.39 is 10.0 Å². The molecule has 2 N–H and O–H groups in total. The second-order valence-corrected chi connectivity index (χ2v) is 6.33. The minimum absolute atomic E-state index is 0.0981. The van der Waals surface area contributed by atoms with Crippen LogP contribution in [0.5, 0.6) is 11.5 Å². The van der Waals surface area contributed by atoms with Crippen LogP contribution in [-0.2, 0) is 10.0 Å². The molecule has 1 aromatic carbocycles. The van der Waals surface area contributed by atoms with E-state index in [0.29, 0.717) is 25.3 Å². The molecule has 2 rings (SSSR count). The van der Waals surface area contributed by atoms with Crippen molar-refractivity contribution in [3.05, 3.63) is 18.2 Å². The second kappa shape index (κ2) is 5.36. The highest BCUT2D eigenvalue weighted by Gasteiger charge is 2.33. The van der Waals surface area contributed by atoms with E-state index in [4.69, 9.17) is 15.2 Å². The van der Waals surface area contributed by atoms with Gasteiger partial charge in [0, 0.05) is 25.2 Å². The largest absolute Gasteiger partial charge is 0.497 e. The Hall–Kier alpha value is -1.31. The van der Waals surface area contributed by atoms with E-state index in [1.165, 1.54) is 24.6 Å². The summed E-state index contributed by atoms with van der Waals surface area (Å²) < 4.78 is 36.6. The van der Waals surface area contributed by atoms with Crippen molar-refractivity contribution in [3.63, 3.8) is 0 Å². The van der Waals surface area contributed by atoms with E-state index in [2.05, 4.69) is 0 Å². The third-order valence-corrected chi connectivity index (χ3v) is 5.08. The van der Waals surface area contributed by atoms with Crippen molar-refractivity contribution in [2.24, 2.45) is 5.73 Å². The Morgan fingerprint density at radius 2 is 2.05 bits per heavy atom. The Bertz CT molecular complexity index is 559. The normalized spacial score (nSPS) is 20.5. The lowest BCUT2D eigenvalue weighted by molar-refractivity contribution is 0.383. The Balaban J connectivity index is 2.40. The lowest BCUT2D eigenvalue weighted by Crippen LogP contribution is -2.32. The molecule has 0 radical (unpaired) electrons. The molecule has 0 spiro atoms. The zero-order valence-corrected chi connectivity index (χ0v) is 11.8. The van der Waals surface area contributed by atoms with Crippen molar-refractivity contribution >= 4 is 10.0 Å². The minimum atomic E-state index is -3.57. The molecule has 1 aromatic rings. The van der Waals surface area contributed by atoms with Crippen LogP contribution in [0.4, 0.5) is 0 Å². The van der Waals surface area contributed by atoms with Gasteiger partial charge in [-0.3, -0.25) is 0 Å². The SMILES string of the molecule is COc1ccc(S(=O)(=O)N2CC[C@H](N)C2)c(OC)c1. The number of nitrogens with two attached hydrogens (primary N) is 1. The van der Waals surface area contributed by atoms with Crippen molar-refractivity contribution in [1.82, 2.24) is 4.31 Å². The lowest BCUT2D eigenvalue weighted by atomic mass is 10.3. The van der Waals surface area contributed by atoms with E-state index in [1.54, 1.807) is 12.1 Å². The molecule has 1 atom stereocenters. The third-order valence-electron chi connectivity index (χ3n) is 3.18. The van der Waals surface area contributed by atoms with Crippen molar-refractivity contribution < 1.29 is 17.9 Å². The Morgan fingerprint density at radius 1 is 1.32 bits per heavy atom. The zero-order valence-electron chi connectivity index (χ0n) is 11.0. The highest BCUT2D eigenvalue weighted by molar-refractivity contribution is 7.89. The van der Waals surface area contributed by atoms with Crippen LogP contribution >= 0.6 is 0 Å². The average Bonchev–Trinajstić information content (AvgIpc) is 2.85. The molecule has 6 nitrogen and oxygen atoms in total. The van der Waals surface area contributed by atoms with Crippen LogP contribution in [0.2, 0.25) is 0 Å². The summed E-state index contributed by atoms with van der Waals surface area (Å²) in [6.45, 7) is 0.788. The molecule has 1 heterocycles. The van der Waals surface area contributed by atoms with E-state index in [9.17, 15) is 8.42 Å². The minimum Gasteiger partial charge on any atom is -0.497 e. The summed E-state index contributed by atoms with van der Waals surface area (Å²) in [7, 11) is -0.616. The molecule has 0 amide bonds. The number of benzene rings is 1. The van der Waals surface area contributed by atoms with Gasteiger partial charge in [0.1, 0.15) is 16.4 Å². The maximum atomic E-state index is 12.5. The van der Waals surface area contributed by atoms with E-state index in [-0.39, 0.29) is 16.7 Å². The van der Waals surface area contributed by atoms with Crippen molar-refractivity contribution in [2.45, 2.75) is 17.4 Å². The van der Waals surface area contributed by atoms with Crippen LogP contribution in [0.15, 0.2) is 23.1 Å². The smallest absolute Gasteiger partial charge is 0.246 e. The van der Waals surface area contributed by atoms with Gasteiger partial charge in [-0.1, -0.05) is 0 Å². The molecule has 0 bridgehead atoms. The molecule has 1 aliphatic rings. The molecule has 0 unspecified atom stereocenters. The Kier molecular flexibility index (Phi) is 3.98. The van der Waals surface area contributed by atoms with Crippen LogP contribution in [0.1, 0.15) is 6.42 Å². The summed E-state index contributed by atoms with van der Waals surface area (Å²) in [5.74, 6) is 0.828. The third kappa shape index (κ3) is 2.68. The van der Waals surface area contributed by atoms with E-state index in [1.807, 2.05) is 0 Å². The van der Waals surface area contributed by atoms with Crippen molar-refractivity contribution in [3.8, 4) is 11.5 Å². The zero-order chi connectivity index (χ0) is 14.0. The first-order valence-electron chi connectivity index (χ1n) is 5.97. The first-order chi connectivity index (χ1) is 8.98. The van der Waals surface area contributed by atoms with E-state index in [0.717, 1.165) is 0 Å². The van der Waals surface area contributed by atoms with Crippen LogP contribution < -0.4 is 15.2 Å². The summed E-state index contributed by atoms with van der Waals surface area (Å²) >= 11 is 0. The van der Waals surface area contributed by atoms with Crippen LogP contribution in [0, 0.1) is 0 Å². The van der Waals surface area contributed by atoms with Crippen LogP contribution in [-0.4, -0.2) is 46.1 Å². The Labute approximate surface area is 113 Å². The van der Waals surface area contributed by atoms with Gasteiger partial charge in [-0.15, -0.1) is 0 Å². The molecule has 0 saturated carbocycles. The number of rotatable bonds is 4. The van der Waals surface area contributed by atoms with Crippen molar-refractivity contribution in [2.75, 3.05) is 27.3 Å². The van der Waals surface area contributed by atoms with Gasteiger partial charge in [0.2, 0.25) is 10.0 Å². The fourth-order valence-electron chi connectivity index (χ4n) is 2.10. The summed E-state index contributed by atoms with van der Waals surface area (Å²) in [6.07, 6.45) is 0.678. The number of hydrogen-bond donors (Lipinski definition) is 1. The molecule has 7 heteroatoms. The number of ether oxygens (including phenoxy) is 2. The molecular formula is C12H18N2O4S. The predicted octanol–water partition coefficient (Wildman–Crippen LogP) is 0.426. The number of nitrogens with zero attached hydrogens (tertiary/aromatic N) is 1. The quantitative estimate of drug-likeness (QED) is 0.867. The molecule has 106 valence electrons. The standard InChI is InChI=1S/C12H18N2O4S/c1-17-10-3-4-12(11(7-10)18-2)19(15,16)14-6-5-9(13)8-14/h3-4,7,9H,5-6,8,13H2,1-2H3/t9-/m0/s1. The van der Waals surface area contributed by atoms with Gasteiger partial charge >= 0.3 is 0 Å². The summed E-state index contributed by atoms with van der Waals surface area (Å²) in [5.41, 5.74) is 5.76. The first-order valence-corrected chi connectivity index (χ1v) is 7.41. The van der Waals surface area contributed by atoms with Crippen molar-refractivity contribution in [1.29, 1.82) is 0 Å². The number of methoxy groups -OCH3 is 2. The van der Waals surface area contributed by atoms with Gasteiger partial charge in [-0.05, 0) is 18.6 Å². The fourth-order valence-corrected chi connectivity index (χ4v) is 3.75. The highest BCUT2D eigenvalue weighted by atomic mass is 32.2. The first kappa shape index (κ1) is 14.1. The average molecular weight is 286 g/mol. The van der Waals surface area contributed by atoms with Gasteiger partial charge in [0.25, 0.3) is 0 Å². The summed E-state index contributed by atoms with van der Waals surface area (Å²) in [4.78, 5) is 0.143. The van der Waals surface area contributed by atoms with Gasteiger partial charge in [0.05, 0.1) is 14.2 Å². The number of sulfonamides is 1. The molecule has 1 aliphatic heterocycles. The highest BCUT2D eigenvalue weighted by Crippen LogP contribution is 2.31. The second-order valence-electron chi connectivity index (χ2n) is 4.43. The Morgan fingerprint density at radius 3 is 2.58 bits per heavy atom. The van der Waals surface area contributed by atoms with Gasteiger partial charge in [0.15, 0.2) is 0 Å². The maximum Gasteiger partial charge on any atom is 0.246 e. The number of hydrogen-bond acceptors (Lipinski definition) is 5. The molecule has 1 saturated heterocycles. The molecule has 1 fully saturated rings. The summed E-state index contributed by atoms with van der Waals surface area (Å²) in [6, 6.07) is 4.56. The monoisotopic (exact) mass is 286 g/mol. The van der Waals surface area contributed by atoms with Gasteiger partial charge in [-0.2, -0.15) is 4.31 Å². The van der Waals surface area contributed by atoms with E-state index >= 15 is 0 Å². The molecule has 0 aliphatic carbocycles. The van der Waals surface area contributed by atoms with Gasteiger partial charge in [-0.25, -0.2) is 8.42 Å². The molecular weight excluding hydrogens is 268 g/mol. The maximum absolute atomic E-state index is 12.5. The van der Waals surface area contributed by atoms with Crippen LogP contribution in [0.3, 0.4) is 0 Å². The molecule has 0 aromatic heterocycles. The van der Waals surface area contributed by atoms with Crippen LogP contribution in [0.25, 0.3) is 0 Å². The summed E-state index contributed by atoms with van der Waals surface area (Å²) in [5, 5.41) is 0. The molecule has 19 heavy (non-hydrogen) atoms. The van der Waals surface area contributed by atoms with Gasteiger partial charge < -0.3 is 15.2 Å². The topological polar surface area (TPSA) is 81.9 Å². The fraction of sp³-hybridized carbons (Fsp3) is 0.500. The predicted molar refractivity (Wildman–Crippen MR) is 70.9 cm³/mol.